The Morgan fingerprint density at radius 1 is 1.13 bits per heavy atom. The third kappa shape index (κ3) is 4.63. The first kappa shape index (κ1) is 30.5. The number of likely N-dealkylation sites (N-methyl/N-ethyl adjacent to an activating group) is 1. The number of carbonyl (C=O) groups excluding carboxylic acids is 1. The number of phenols is 1. The first-order valence-electron chi connectivity index (χ1n) is 14.7. The number of carbonyl (C=O) groups is 1. The number of nitrogens with zero attached hydrogens (tertiary/aromatic N) is 6. The molecule has 0 aliphatic carbocycles. The van der Waals surface area contributed by atoms with Gasteiger partial charge in [-0.1, -0.05) is 38.1 Å². The lowest BCUT2D eigenvalue weighted by atomic mass is 9.97. The number of hydrogen-bond acceptors (Lipinski definition) is 7. The standard InChI is InChI=1S/C33H33ClF2N6O3/c1-7-22(44)40-15-19-14-39(6)30-25-31(27(36)24(26(30)35)23-20(34)9-8-10-21(23)43)42(29-17(4)11-12-37-28(29)16(2)3)33(45)38-32(25)41(19)13-18(40)5/h7-12,16,18-19,43H,1,13-15H2,2-6H3. The molecule has 9 nitrogen and oxygen atoms in total. The molecule has 2 aromatic heterocycles. The second-order valence-electron chi connectivity index (χ2n) is 12.0. The number of benzene rings is 2. The highest BCUT2D eigenvalue weighted by Gasteiger charge is 2.41. The lowest BCUT2D eigenvalue weighted by Crippen LogP contribution is -2.61. The van der Waals surface area contributed by atoms with Crippen LogP contribution in [0.5, 0.6) is 5.75 Å². The van der Waals surface area contributed by atoms with Crippen molar-refractivity contribution in [3.8, 4) is 22.6 Å². The minimum absolute atomic E-state index is 0.00624. The zero-order chi connectivity index (χ0) is 32.5. The molecule has 1 amide bonds. The third-order valence-corrected chi connectivity index (χ3v) is 9.09. The molecular formula is C33H33ClF2N6O3. The van der Waals surface area contributed by atoms with E-state index in [0.29, 0.717) is 16.9 Å². The van der Waals surface area contributed by atoms with Crippen LogP contribution in [0.4, 0.5) is 20.3 Å². The first-order valence-corrected chi connectivity index (χ1v) is 15.1. The van der Waals surface area contributed by atoms with Gasteiger partial charge < -0.3 is 19.8 Å². The topological polar surface area (TPSA) is 94.8 Å². The van der Waals surface area contributed by atoms with Crippen molar-refractivity contribution in [1.29, 1.82) is 0 Å². The fourth-order valence-electron chi connectivity index (χ4n) is 6.70. The molecule has 2 aromatic carbocycles. The van der Waals surface area contributed by atoms with Crippen LogP contribution in [0.15, 0.2) is 47.9 Å². The molecule has 1 fully saturated rings. The summed E-state index contributed by atoms with van der Waals surface area (Å²) in [5, 5.41) is 10.9. The number of anilines is 2. The van der Waals surface area contributed by atoms with E-state index in [2.05, 4.69) is 16.5 Å². The molecule has 12 heteroatoms. The van der Waals surface area contributed by atoms with Gasteiger partial charge in [-0.15, -0.1) is 0 Å². The van der Waals surface area contributed by atoms with Crippen LogP contribution in [-0.2, 0) is 4.79 Å². The van der Waals surface area contributed by atoms with Gasteiger partial charge in [0, 0.05) is 44.5 Å². The van der Waals surface area contributed by atoms with Crippen LogP contribution in [0.2, 0.25) is 5.02 Å². The van der Waals surface area contributed by atoms with Crippen molar-refractivity contribution in [3.05, 3.63) is 81.5 Å². The average molecular weight is 635 g/mol. The van der Waals surface area contributed by atoms with Crippen molar-refractivity contribution in [2.75, 3.05) is 36.5 Å². The second kappa shape index (κ2) is 11.1. The molecule has 1 saturated heterocycles. The number of halogens is 3. The Morgan fingerprint density at radius 3 is 2.53 bits per heavy atom. The zero-order valence-electron chi connectivity index (χ0n) is 25.6. The molecule has 45 heavy (non-hydrogen) atoms. The Balaban J connectivity index is 1.80. The molecule has 2 unspecified atom stereocenters. The zero-order valence-corrected chi connectivity index (χ0v) is 26.4. The number of piperazine rings is 1. The summed E-state index contributed by atoms with van der Waals surface area (Å²) in [6.07, 6.45) is 2.87. The number of amides is 1. The summed E-state index contributed by atoms with van der Waals surface area (Å²) in [7, 11) is 1.67. The molecule has 4 heterocycles. The molecule has 4 aromatic rings. The molecular weight excluding hydrogens is 602 g/mol. The van der Waals surface area contributed by atoms with E-state index in [1.807, 2.05) is 25.7 Å². The number of rotatable bonds is 4. The summed E-state index contributed by atoms with van der Waals surface area (Å²) < 4.78 is 35.5. The molecule has 2 aliphatic rings. The molecule has 2 atom stereocenters. The number of aromatic hydroxyl groups is 1. The summed E-state index contributed by atoms with van der Waals surface area (Å²) in [5.41, 5.74) is -0.267. The van der Waals surface area contributed by atoms with Gasteiger partial charge in [-0.25, -0.2) is 13.6 Å². The molecule has 0 saturated carbocycles. The average Bonchev–Trinajstić information content (AvgIpc) is 3.10. The number of aromatic nitrogens is 3. The third-order valence-electron chi connectivity index (χ3n) is 8.77. The van der Waals surface area contributed by atoms with Gasteiger partial charge in [-0.3, -0.25) is 14.3 Å². The number of phenolic OH excluding ortho intramolecular Hbond substituents is 1. The molecule has 2 aliphatic heterocycles. The molecule has 0 bridgehead atoms. The SMILES string of the molecule is C=CC(=O)N1CC2CN(C)c3c(F)c(-c4c(O)cccc4Cl)c(F)c4c3c(nc(=O)n4-c3c(C)ccnc3C(C)C)N2CC1C. The van der Waals surface area contributed by atoms with E-state index >= 15 is 8.78 Å². The maximum atomic E-state index is 17.3. The fourth-order valence-corrected chi connectivity index (χ4v) is 6.97. The van der Waals surface area contributed by atoms with E-state index in [-0.39, 0.29) is 70.5 Å². The lowest BCUT2D eigenvalue weighted by molar-refractivity contribution is -0.128. The van der Waals surface area contributed by atoms with Gasteiger partial charge in [0.05, 0.1) is 39.1 Å². The number of aryl methyl sites for hydroxylation is 1. The van der Waals surface area contributed by atoms with E-state index < -0.39 is 34.7 Å². The Kier molecular flexibility index (Phi) is 7.55. The van der Waals surface area contributed by atoms with E-state index in [9.17, 15) is 14.7 Å². The monoisotopic (exact) mass is 634 g/mol. The Bertz CT molecular complexity index is 1940. The smallest absolute Gasteiger partial charge is 0.354 e. The van der Waals surface area contributed by atoms with Crippen molar-refractivity contribution >= 4 is 39.9 Å². The number of hydrogen-bond donors (Lipinski definition) is 1. The maximum Gasteiger partial charge on any atom is 0.354 e. The molecule has 0 radical (unpaired) electrons. The highest BCUT2D eigenvalue weighted by Crippen LogP contribution is 2.48. The maximum absolute atomic E-state index is 17.3. The van der Waals surface area contributed by atoms with Crippen molar-refractivity contribution in [3.63, 3.8) is 0 Å². The van der Waals surface area contributed by atoms with Gasteiger partial charge in [0.1, 0.15) is 17.1 Å². The van der Waals surface area contributed by atoms with E-state index in [4.69, 9.17) is 11.6 Å². The summed E-state index contributed by atoms with van der Waals surface area (Å²) in [4.78, 5) is 41.2. The normalized spacial score (nSPS) is 17.9. The summed E-state index contributed by atoms with van der Waals surface area (Å²) in [6, 6.07) is 5.20. The van der Waals surface area contributed by atoms with Crippen molar-refractivity contribution in [2.45, 2.75) is 45.7 Å². The van der Waals surface area contributed by atoms with Crippen LogP contribution >= 0.6 is 11.6 Å². The molecule has 6 rings (SSSR count). The van der Waals surface area contributed by atoms with Crippen LogP contribution < -0.4 is 15.5 Å². The molecule has 234 valence electrons. The van der Waals surface area contributed by atoms with E-state index in [1.54, 1.807) is 36.0 Å². The quantitative estimate of drug-likeness (QED) is 0.294. The predicted molar refractivity (Wildman–Crippen MR) is 172 cm³/mol. The summed E-state index contributed by atoms with van der Waals surface area (Å²) in [5.74, 6) is -2.74. The van der Waals surface area contributed by atoms with Gasteiger partial charge in [0.25, 0.3) is 0 Å². The molecule has 1 N–H and O–H groups in total. The second-order valence-corrected chi connectivity index (χ2v) is 12.4. The summed E-state index contributed by atoms with van der Waals surface area (Å²) >= 11 is 6.47. The first-order chi connectivity index (χ1) is 21.4. The van der Waals surface area contributed by atoms with Crippen LogP contribution in [0.25, 0.3) is 27.7 Å². The predicted octanol–water partition coefficient (Wildman–Crippen LogP) is 5.56. The highest BCUT2D eigenvalue weighted by atomic mass is 35.5. The molecule has 0 spiro atoms. The Labute approximate surface area is 264 Å². The fraction of sp³-hybridized carbons (Fsp3) is 0.333. The van der Waals surface area contributed by atoms with Gasteiger partial charge >= 0.3 is 5.69 Å². The van der Waals surface area contributed by atoms with Gasteiger partial charge in [-0.05, 0) is 49.6 Å². The minimum Gasteiger partial charge on any atom is -0.507 e. The minimum atomic E-state index is -1.08. The van der Waals surface area contributed by atoms with Gasteiger partial charge in [0.2, 0.25) is 5.91 Å². The highest BCUT2D eigenvalue weighted by molar-refractivity contribution is 6.34. The number of pyridine rings is 1. The largest absolute Gasteiger partial charge is 0.507 e. The van der Waals surface area contributed by atoms with Crippen LogP contribution in [0.3, 0.4) is 0 Å². The van der Waals surface area contributed by atoms with Gasteiger partial charge in [-0.2, -0.15) is 4.98 Å². The summed E-state index contributed by atoms with van der Waals surface area (Å²) in [6.45, 7) is 11.8. The lowest BCUT2D eigenvalue weighted by Gasteiger charge is -2.45. The Morgan fingerprint density at radius 2 is 1.87 bits per heavy atom. The Hall–Kier alpha value is -4.51. The number of fused-ring (bicyclic) bond motifs is 2. The van der Waals surface area contributed by atoms with E-state index in [0.717, 1.165) is 0 Å². The van der Waals surface area contributed by atoms with Gasteiger partial charge in [0.15, 0.2) is 11.6 Å². The van der Waals surface area contributed by atoms with E-state index in [1.165, 1.54) is 28.8 Å². The van der Waals surface area contributed by atoms with Crippen molar-refractivity contribution < 1.29 is 18.7 Å². The van der Waals surface area contributed by atoms with Crippen LogP contribution in [0.1, 0.15) is 37.9 Å². The van der Waals surface area contributed by atoms with Crippen LogP contribution in [-0.4, -0.2) is 69.2 Å². The van der Waals surface area contributed by atoms with Crippen molar-refractivity contribution in [1.82, 2.24) is 19.4 Å². The van der Waals surface area contributed by atoms with Crippen molar-refractivity contribution in [2.24, 2.45) is 0 Å². The van der Waals surface area contributed by atoms with Crippen LogP contribution in [0, 0.1) is 18.6 Å².